The highest BCUT2D eigenvalue weighted by Gasteiger charge is 2.50. The summed E-state index contributed by atoms with van der Waals surface area (Å²) in [7, 11) is 0. The molecule has 0 radical (unpaired) electrons. The van der Waals surface area contributed by atoms with E-state index in [2.05, 4.69) is 10.6 Å². The lowest BCUT2D eigenvalue weighted by atomic mass is 9.53. The van der Waals surface area contributed by atoms with Gasteiger partial charge >= 0.3 is 0 Å². The van der Waals surface area contributed by atoms with Crippen LogP contribution in [0.15, 0.2) is 35.9 Å². The van der Waals surface area contributed by atoms with Gasteiger partial charge in [0, 0.05) is 35.8 Å². The standard InChI is InChI=1S/C24H32N2O2/c1-16(2)8-23(28)26-21-5-3-4-20(12-21)22(27)6-7-25-24-13-17-9-18(14-24)11-19(10-17)15-24/h3-5,8,12,17-19,25H,6-7,9-11,13-15H2,1-2H3,(H,26,28). The number of hydrogen-bond acceptors (Lipinski definition) is 3. The van der Waals surface area contributed by atoms with Crippen molar-refractivity contribution in [1.29, 1.82) is 0 Å². The highest BCUT2D eigenvalue weighted by molar-refractivity contribution is 6.01. The first-order valence-electron chi connectivity index (χ1n) is 10.7. The van der Waals surface area contributed by atoms with E-state index in [9.17, 15) is 9.59 Å². The van der Waals surface area contributed by atoms with Gasteiger partial charge in [-0.1, -0.05) is 17.7 Å². The molecular formula is C24H32N2O2. The summed E-state index contributed by atoms with van der Waals surface area (Å²) in [5.74, 6) is 2.71. The van der Waals surface area contributed by atoms with Crippen LogP contribution < -0.4 is 10.6 Å². The van der Waals surface area contributed by atoms with Gasteiger partial charge in [-0.2, -0.15) is 0 Å². The van der Waals surface area contributed by atoms with E-state index in [1.807, 2.05) is 32.0 Å². The Morgan fingerprint density at radius 2 is 1.71 bits per heavy atom. The molecule has 0 spiro atoms. The predicted octanol–water partition coefficient (Wildman–Crippen LogP) is 4.72. The Hall–Kier alpha value is -1.94. The zero-order valence-electron chi connectivity index (χ0n) is 17.1. The van der Waals surface area contributed by atoms with Gasteiger partial charge in [-0.25, -0.2) is 0 Å². The highest BCUT2D eigenvalue weighted by atomic mass is 16.1. The third kappa shape index (κ3) is 4.38. The SMILES string of the molecule is CC(C)=CC(=O)Nc1cccc(C(=O)CCNC23CC4CC(CC(C4)C2)C3)c1. The van der Waals surface area contributed by atoms with Crippen molar-refractivity contribution in [2.75, 3.05) is 11.9 Å². The van der Waals surface area contributed by atoms with Gasteiger partial charge in [-0.3, -0.25) is 9.59 Å². The number of allylic oxidation sites excluding steroid dienone is 1. The normalized spacial score (nSPS) is 30.1. The van der Waals surface area contributed by atoms with Crippen molar-refractivity contribution >= 4 is 17.4 Å². The first-order valence-corrected chi connectivity index (χ1v) is 10.7. The number of ketones is 1. The minimum atomic E-state index is -0.159. The second kappa shape index (κ2) is 7.82. The summed E-state index contributed by atoms with van der Waals surface area (Å²) in [6.45, 7) is 4.52. The smallest absolute Gasteiger partial charge is 0.248 e. The topological polar surface area (TPSA) is 58.2 Å². The molecule has 4 saturated carbocycles. The quantitative estimate of drug-likeness (QED) is 0.531. The largest absolute Gasteiger partial charge is 0.322 e. The second-order valence-electron chi connectivity index (χ2n) is 9.59. The summed E-state index contributed by atoms with van der Waals surface area (Å²) >= 11 is 0. The van der Waals surface area contributed by atoms with Gasteiger partial charge in [0.25, 0.3) is 0 Å². The van der Waals surface area contributed by atoms with Crippen LogP contribution in [0.5, 0.6) is 0 Å². The molecule has 0 aromatic heterocycles. The van der Waals surface area contributed by atoms with Gasteiger partial charge in [-0.05, 0) is 82.3 Å². The summed E-state index contributed by atoms with van der Waals surface area (Å²) < 4.78 is 0. The molecule has 4 bridgehead atoms. The van der Waals surface area contributed by atoms with Crippen LogP contribution in [-0.4, -0.2) is 23.8 Å². The average Bonchev–Trinajstić information content (AvgIpc) is 2.59. The number of nitrogens with one attached hydrogen (secondary N) is 2. The van der Waals surface area contributed by atoms with Crippen molar-refractivity contribution in [2.24, 2.45) is 17.8 Å². The third-order valence-corrected chi connectivity index (χ3v) is 6.76. The minimum absolute atomic E-state index is 0.135. The summed E-state index contributed by atoms with van der Waals surface area (Å²) in [4.78, 5) is 24.6. The maximum Gasteiger partial charge on any atom is 0.248 e. The molecule has 2 N–H and O–H groups in total. The molecule has 4 nitrogen and oxygen atoms in total. The first-order chi connectivity index (χ1) is 13.4. The lowest BCUT2D eigenvalue weighted by Gasteiger charge is -2.57. The van der Waals surface area contributed by atoms with Gasteiger partial charge < -0.3 is 10.6 Å². The maximum absolute atomic E-state index is 12.7. The van der Waals surface area contributed by atoms with Crippen molar-refractivity contribution in [3.05, 3.63) is 41.5 Å². The Labute approximate surface area is 168 Å². The van der Waals surface area contributed by atoms with Gasteiger partial charge in [0.05, 0.1) is 0 Å². The van der Waals surface area contributed by atoms with Crippen molar-refractivity contribution in [2.45, 2.75) is 64.3 Å². The maximum atomic E-state index is 12.7. The molecular weight excluding hydrogens is 348 g/mol. The molecule has 4 aliphatic rings. The molecule has 1 aromatic rings. The van der Waals surface area contributed by atoms with Crippen LogP contribution >= 0.6 is 0 Å². The van der Waals surface area contributed by atoms with E-state index < -0.39 is 0 Å². The number of carbonyl (C=O) groups is 2. The molecule has 0 aliphatic heterocycles. The molecule has 4 heteroatoms. The number of anilines is 1. The molecule has 4 aliphatic carbocycles. The third-order valence-electron chi connectivity index (χ3n) is 6.76. The number of Topliss-reactive ketones (excluding diaryl/α,β-unsaturated/α-hetero) is 1. The number of benzene rings is 1. The van der Waals surface area contributed by atoms with Gasteiger partial charge in [-0.15, -0.1) is 0 Å². The van der Waals surface area contributed by atoms with Gasteiger partial charge in [0.1, 0.15) is 0 Å². The second-order valence-corrected chi connectivity index (χ2v) is 9.59. The van der Waals surface area contributed by atoms with Crippen LogP contribution in [0, 0.1) is 17.8 Å². The fraction of sp³-hybridized carbons (Fsp3) is 0.583. The summed E-state index contributed by atoms with van der Waals surface area (Å²) in [6, 6.07) is 7.27. The predicted molar refractivity (Wildman–Crippen MR) is 112 cm³/mol. The van der Waals surface area contributed by atoms with Crippen LogP contribution in [0.4, 0.5) is 5.69 Å². The lowest BCUT2D eigenvalue weighted by Crippen LogP contribution is -2.58. The van der Waals surface area contributed by atoms with Crippen molar-refractivity contribution in [3.8, 4) is 0 Å². The van der Waals surface area contributed by atoms with E-state index in [-0.39, 0.29) is 11.7 Å². The Bertz CT molecular complexity index is 756. The Kier molecular flexibility index (Phi) is 5.42. The molecule has 1 amide bonds. The molecule has 0 heterocycles. The summed E-state index contributed by atoms with van der Waals surface area (Å²) in [5.41, 5.74) is 2.58. The van der Waals surface area contributed by atoms with Gasteiger partial charge in [0.2, 0.25) is 5.91 Å². The Balaban J connectivity index is 1.31. The van der Waals surface area contributed by atoms with Crippen molar-refractivity contribution in [3.63, 3.8) is 0 Å². The molecule has 28 heavy (non-hydrogen) atoms. The lowest BCUT2D eigenvalue weighted by molar-refractivity contribution is -0.111. The van der Waals surface area contributed by atoms with E-state index in [0.717, 1.165) is 29.9 Å². The molecule has 5 rings (SSSR count). The zero-order chi connectivity index (χ0) is 19.7. The van der Waals surface area contributed by atoms with Crippen molar-refractivity contribution < 1.29 is 9.59 Å². The van der Waals surface area contributed by atoms with Crippen molar-refractivity contribution in [1.82, 2.24) is 5.32 Å². The molecule has 4 fully saturated rings. The van der Waals surface area contributed by atoms with Crippen LogP contribution in [0.2, 0.25) is 0 Å². The summed E-state index contributed by atoms with van der Waals surface area (Å²) in [5, 5.41) is 6.63. The number of hydrogen-bond donors (Lipinski definition) is 2. The number of rotatable bonds is 7. The number of amides is 1. The van der Waals surface area contributed by atoms with E-state index in [1.165, 1.54) is 38.5 Å². The average molecular weight is 381 g/mol. The van der Waals surface area contributed by atoms with Crippen LogP contribution in [-0.2, 0) is 4.79 Å². The fourth-order valence-corrected chi connectivity index (χ4v) is 6.12. The summed E-state index contributed by atoms with van der Waals surface area (Å²) in [6.07, 6.45) is 10.3. The molecule has 0 unspecified atom stereocenters. The van der Waals surface area contributed by atoms with E-state index in [4.69, 9.17) is 0 Å². The van der Waals surface area contributed by atoms with Crippen LogP contribution in [0.3, 0.4) is 0 Å². The van der Waals surface area contributed by atoms with E-state index >= 15 is 0 Å². The van der Waals surface area contributed by atoms with Crippen LogP contribution in [0.25, 0.3) is 0 Å². The monoisotopic (exact) mass is 380 g/mol. The minimum Gasteiger partial charge on any atom is -0.322 e. The van der Waals surface area contributed by atoms with E-state index in [1.54, 1.807) is 12.1 Å². The molecule has 1 aromatic carbocycles. The zero-order valence-corrected chi connectivity index (χ0v) is 17.1. The Morgan fingerprint density at radius 3 is 2.32 bits per heavy atom. The Morgan fingerprint density at radius 1 is 1.07 bits per heavy atom. The number of carbonyl (C=O) groups excluding carboxylic acids is 2. The van der Waals surface area contributed by atoms with Gasteiger partial charge in [0.15, 0.2) is 5.78 Å². The highest BCUT2D eigenvalue weighted by Crippen LogP contribution is 2.55. The molecule has 0 saturated heterocycles. The van der Waals surface area contributed by atoms with E-state index in [0.29, 0.717) is 23.2 Å². The molecule has 150 valence electrons. The fourth-order valence-electron chi connectivity index (χ4n) is 6.12. The first kappa shape index (κ1) is 19.4. The van der Waals surface area contributed by atoms with Crippen LogP contribution in [0.1, 0.15) is 69.2 Å². The molecule has 0 atom stereocenters.